The van der Waals surface area contributed by atoms with Crippen molar-refractivity contribution in [2.45, 2.75) is 6.61 Å². The number of ether oxygens (including phenoxy) is 2. The van der Waals surface area contributed by atoms with Crippen molar-refractivity contribution in [1.82, 2.24) is 4.90 Å². The molecule has 30 heavy (non-hydrogen) atoms. The zero-order chi connectivity index (χ0) is 21.7. The number of non-ortho nitro benzene ring substituents is 1. The molecule has 1 heterocycles. The third-order valence-electron chi connectivity index (χ3n) is 4.09. The molecule has 0 spiro atoms. The topological polar surface area (TPSA) is 99.0 Å². The quantitative estimate of drug-likeness (QED) is 0.210. The highest BCUT2D eigenvalue weighted by molar-refractivity contribution is 8.26. The molecule has 0 aromatic heterocycles. The number of hydrogen-bond donors (Lipinski definition) is 0. The predicted octanol–water partition coefficient (Wildman–Crippen LogP) is 3.55. The van der Waals surface area contributed by atoms with E-state index in [1.807, 2.05) is 0 Å². The summed E-state index contributed by atoms with van der Waals surface area (Å²) >= 11 is 6.28. The van der Waals surface area contributed by atoms with Gasteiger partial charge in [0, 0.05) is 12.1 Å². The van der Waals surface area contributed by atoms with Crippen LogP contribution in [-0.4, -0.2) is 39.7 Å². The van der Waals surface area contributed by atoms with Crippen LogP contribution >= 0.6 is 24.0 Å². The number of benzene rings is 2. The number of nitro benzene ring substituents is 1. The third kappa shape index (κ3) is 5.22. The molecule has 0 saturated carbocycles. The maximum Gasteiger partial charge on any atom is 0.325 e. The Morgan fingerprint density at radius 2 is 2.00 bits per heavy atom. The molecule has 1 aliphatic heterocycles. The first kappa shape index (κ1) is 21.5. The molecule has 0 N–H and O–H groups in total. The minimum Gasteiger partial charge on any atom is -0.489 e. The van der Waals surface area contributed by atoms with E-state index in [-0.39, 0.29) is 24.7 Å². The van der Waals surface area contributed by atoms with Crippen LogP contribution in [0.25, 0.3) is 6.08 Å². The van der Waals surface area contributed by atoms with Gasteiger partial charge in [-0.15, -0.1) is 0 Å². The van der Waals surface area contributed by atoms with E-state index in [4.69, 9.17) is 17.0 Å². The van der Waals surface area contributed by atoms with Crippen molar-refractivity contribution in [2.24, 2.45) is 0 Å². The first-order chi connectivity index (χ1) is 14.4. The number of thioether (sulfide) groups is 1. The summed E-state index contributed by atoms with van der Waals surface area (Å²) in [5.74, 6) is -0.309. The summed E-state index contributed by atoms with van der Waals surface area (Å²) in [7, 11) is 1.25. The number of rotatable bonds is 7. The Labute approximate surface area is 181 Å². The van der Waals surface area contributed by atoms with Crippen LogP contribution in [0.5, 0.6) is 5.75 Å². The Morgan fingerprint density at radius 1 is 1.27 bits per heavy atom. The van der Waals surface area contributed by atoms with E-state index >= 15 is 0 Å². The molecule has 3 rings (SSSR count). The SMILES string of the molecule is COC(=O)CN1C(=O)/C(=C/c2ccc(OCc3cccc([N+](=O)[O-])c3)cc2)SC1=S. The normalized spacial score (nSPS) is 14.8. The summed E-state index contributed by atoms with van der Waals surface area (Å²) in [6.07, 6.45) is 1.68. The van der Waals surface area contributed by atoms with Crippen molar-refractivity contribution in [3.8, 4) is 5.75 Å². The van der Waals surface area contributed by atoms with Crippen LogP contribution in [0.3, 0.4) is 0 Å². The van der Waals surface area contributed by atoms with Gasteiger partial charge < -0.3 is 9.47 Å². The van der Waals surface area contributed by atoms with Crippen LogP contribution in [-0.2, 0) is 20.9 Å². The minimum atomic E-state index is -0.544. The highest BCUT2D eigenvalue weighted by atomic mass is 32.2. The molecule has 1 saturated heterocycles. The number of thiocarbonyl (C=S) groups is 1. The molecule has 2 aromatic carbocycles. The lowest BCUT2D eigenvalue weighted by Crippen LogP contribution is -2.33. The lowest BCUT2D eigenvalue weighted by atomic mass is 10.2. The van der Waals surface area contributed by atoms with Crippen LogP contribution in [0.15, 0.2) is 53.4 Å². The first-order valence-electron chi connectivity index (χ1n) is 8.66. The van der Waals surface area contributed by atoms with Gasteiger partial charge in [-0.3, -0.25) is 24.6 Å². The third-order valence-corrected chi connectivity index (χ3v) is 5.47. The van der Waals surface area contributed by atoms with Crippen molar-refractivity contribution >= 4 is 51.9 Å². The molecule has 10 heteroatoms. The minimum absolute atomic E-state index is 0.0101. The number of amides is 1. The van der Waals surface area contributed by atoms with Gasteiger partial charge in [-0.05, 0) is 29.3 Å². The Balaban J connectivity index is 1.64. The van der Waals surface area contributed by atoms with Crippen LogP contribution in [0.4, 0.5) is 5.69 Å². The Hall–Kier alpha value is -3.24. The first-order valence-corrected chi connectivity index (χ1v) is 9.88. The van der Waals surface area contributed by atoms with Crippen LogP contribution < -0.4 is 4.74 Å². The number of esters is 1. The van der Waals surface area contributed by atoms with E-state index in [1.165, 1.54) is 24.1 Å². The second kappa shape index (κ2) is 9.51. The molecule has 1 aliphatic rings. The number of carbonyl (C=O) groups excluding carboxylic acids is 2. The summed E-state index contributed by atoms with van der Waals surface area (Å²) in [5, 5.41) is 10.8. The molecular formula is C20H16N2O6S2. The Kier molecular flexibility index (Phi) is 6.80. The van der Waals surface area contributed by atoms with E-state index in [9.17, 15) is 19.7 Å². The molecule has 1 fully saturated rings. The maximum absolute atomic E-state index is 12.4. The highest BCUT2D eigenvalue weighted by Crippen LogP contribution is 2.32. The van der Waals surface area contributed by atoms with E-state index < -0.39 is 10.9 Å². The fourth-order valence-electron chi connectivity index (χ4n) is 2.57. The molecule has 1 amide bonds. The second-order valence-corrected chi connectivity index (χ2v) is 7.80. The summed E-state index contributed by atoms with van der Waals surface area (Å²) < 4.78 is 10.5. The molecular weight excluding hydrogens is 428 g/mol. The summed E-state index contributed by atoms with van der Waals surface area (Å²) in [5.41, 5.74) is 1.45. The molecule has 8 nitrogen and oxygen atoms in total. The monoisotopic (exact) mass is 444 g/mol. The second-order valence-electron chi connectivity index (χ2n) is 6.13. The van der Waals surface area contributed by atoms with E-state index in [2.05, 4.69) is 4.74 Å². The van der Waals surface area contributed by atoms with Crippen LogP contribution in [0.1, 0.15) is 11.1 Å². The van der Waals surface area contributed by atoms with Gasteiger partial charge >= 0.3 is 5.97 Å². The average Bonchev–Trinajstić information content (AvgIpc) is 3.00. The zero-order valence-corrected chi connectivity index (χ0v) is 17.4. The largest absolute Gasteiger partial charge is 0.489 e. The smallest absolute Gasteiger partial charge is 0.325 e. The van der Waals surface area contributed by atoms with Gasteiger partial charge in [0.2, 0.25) is 0 Å². The average molecular weight is 444 g/mol. The van der Waals surface area contributed by atoms with Gasteiger partial charge in [0.05, 0.1) is 16.9 Å². The lowest BCUT2D eigenvalue weighted by Gasteiger charge is -2.11. The molecule has 2 aromatic rings. The van der Waals surface area contributed by atoms with Gasteiger partial charge in [0.1, 0.15) is 23.2 Å². The number of methoxy groups -OCH3 is 1. The molecule has 0 bridgehead atoms. The van der Waals surface area contributed by atoms with Crippen molar-refractivity contribution in [3.05, 3.63) is 74.7 Å². The Bertz CT molecular complexity index is 1040. The van der Waals surface area contributed by atoms with E-state index in [0.29, 0.717) is 20.5 Å². The van der Waals surface area contributed by atoms with Gasteiger partial charge in [0.15, 0.2) is 0 Å². The van der Waals surface area contributed by atoms with E-state index in [1.54, 1.807) is 42.5 Å². The van der Waals surface area contributed by atoms with Crippen LogP contribution in [0.2, 0.25) is 0 Å². The standard InChI is InChI=1S/C20H16N2O6S2/c1-27-18(23)11-21-19(24)17(30-20(21)29)10-13-5-7-16(8-6-13)28-12-14-3-2-4-15(9-14)22(25)26/h2-10H,11-12H2,1H3/b17-10-. The summed E-state index contributed by atoms with van der Waals surface area (Å²) in [6.45, 7) is -0.0316. The number of nitro groups is 1. The van der Waals surface area contributed by atoms with Crippen molar-refractivity contribution in [3.63, 3.8) is 0 Å². The predicted molar refractivity (Wildman–Crippen MR) is 116 cm³/mol. The Morgan fingerprint density at radius 3 is 2.67 bits per heavy atom. The van der Waals surface area contributed by atoms with Crippen molar-refractivity contribution in [2.75, 3.05) is 13.7 Å². The summed E-state index contributed by atoms with van der Waals surface area (Å²) in [4.78, 5) is 35.9. The number of carbonyl (C=O) groups is 2. The van der Waals surface area contributed by atoms with Gasteiger partial charge in [-0.1, -0.05) is 48.2 Å². The van der Waals surface area contributed by atoms with Gasteiger partial charge in [0.25, 0.3) is 11.6 Å². The zero-order valence-electron chi connectivity index (χ0n) is 15.8. The molecule has 154 valence electrons. The molecule has 0 atom stereocenters. The number of nitrogens with zero attached hydrogens (tertiary/aromatic N) is 2. The van der Waals surface area contributed by atoms with Gasteiger partial charge in [-0.2, -0.15) is 0 Å². The van der Waals surface area contributed by atoms with Crippen molar-refractivity contribution in [1.29, 1.82) is 0 Å². The van der Waals surface area contributed by atoms with Crippen molar-refractivity contribution < 1.29 is 24.0 Å². The molecule has 0 radical (unpaired) electrons. The maximum atomic E-state index is 12.4. The number of hydrogen-bond acceptors (Lipinski definition) is 8. The van der Waals surface area contributed by atoms with Gasteiger partial charge in [-0.25, -0.2) is 0 Å². The summed E-state index contributed by atoms with van der Waals surface area (Å²) in [6, 6.07) is 13.3. The van der Waals surface area contributed by atoms with Crippen LogP contribution in [0, 0.1) is 10.1 Å². The lowest BCUT2D eigenvalue weighted by molar-refractivity contribution is -0.384. The highest BCUT2D eigenvalue weighted by Gasteiger charge is 2.33. The fraction of sp³-hybridized carbons (Fsp3) is 0.150. The van der Waals surface area contributed by atoms with E-state index in [0.717, 1.165) is 17.3 Å². The fourth-order valence-corrected chi connectivity index (χ4v) is 3.82. The molecule has 0 unspecified atom stereocenters. The molecule has 0 aliphatic carbocycles.